The molecule has 0 N–H and O–H groups in total. The zero-order chi connectivity index (χ0) is 17.2. The van der Waals surface area contributed by atoms with Gasteiger partial charge in [0.25, 0.3) is 0 Å². The van der Waals surface area contributed by atoms with Crippen LogP contribution in [-0.4, -0.2) is 36.4 Å². The van der Waals surface area contributed by atoms with Crippen molar-refractivity contribution >= 4 is 11.9 Å². The zero-order valence-corrected chi connectivity index (χ0v) is 14.9. The van der Waals surface area contributed by atoms with Crippen LogP contribution in [0, 0.1) is 11.3 Å². The molecule has 0 spiro atoms. The van der Waals surface area contributed by atoms with Crippen molar-refractivity contribution in [3.05, 3.63) is 0 Å². The van der Waals surface area contributed by atoms with Gasteiger partial charge in [-0.25, -0.2) is 4.79 Å². The molecule has 1 saturated heterocycles. The predicted molar refractivity (Wildman–Crippen MR) is 83.3 cm³/mol. The van der Waals surface area contributed by atoms with Gasteiger partial charge in [-0.15, -0.1) is 0 Å². The van der Waals surface area contributed by atoms with E-state index in [2.05, 4.69) is 0 Å². The predicted octanol–water partition coefficient (Wildman–Crippen LogP) is 3.10. The third-order valence-electron chi connectivity index (χ3n) is 3.94. The van der Waals surface area contributed by atoms with Gasteiger partial charge in [-0.2, -0.15) is 0 Å². The number of hydrogen-bond acceptors (Lipinski definition) is 5. The minimum absolute atomic E-state index is 0.190. The highest BCUT2D eigenvalue weighted by molar-refractivity contribution is 5.82. The molecule has 0 aromatic carbocycles. The molecule has 0 aliphatic carbocycles. The van der Waals surface area contributed by atoms with E-state index in [0.717, 1.165) is 0 Å². The van der Waals surface area contributed by atoms with Gasteiger partial charge in [0.2, 0.25) is 0 Å². The van der Waals surface area contributed by atoms with Crippen LogP contribution >= 0.6 is 0 Å². The Morgan fingerprint density at radius 3 is 2.14 bits per heavy atom. The van der Waals surface area contributed by atoms with Gasteiger partial charge in [0.15, 0.2) is 5.60 Å². The molecule has 128 valence electrons. The third kappa shape index (κ3) is 4.22. The fourth-order valence-electron chi connectivity index (χ4n) is 2.64. The maximum Gasteiger partial charge on any atom is 0.339 e. The van der Waals surface area contributed by atoms with Crippen LogP contribution in [0.3, 0.4) is 0 Å². The van der Waals surface area contributed by atoms with Gasteiger partial charge in [0.05, 0.1) is 19.1 Å². The highest BCUT2D eigenvalue weighted by Crippen LogP contribution is 2.43. The van der Waals surface area contributed by atoms with Gasteiger partial charge in [-0.05, 0) is 40.5 Å². The number of ether oxygens (including phenoxy) is 3. The zero-order valence-electron chi connectivity index (χ0n) is 14.9. The van der Waals surface area contributed by atoms with Gasteiger partial charge in [-0.1, -0.05) is 20.8 Å². The molecular formula is C17H30O5. The summed E-state index contributed by atoms with van der Waals surface area (Å²) >= 11 is 0. The molecule has 0 aromatic heterocycles. The molecule has 0 amide bonds. The number of carbonyl (C=O) groups is 2. The van der Waals surface area contributed by atoms with E-state index in [4.69, 9.17) is 14.2 Å². The molecule has 0 saturated carbocycles. The first-order chi connectivity index (χ1) is 9.93. The average molecular weight is 314 g/mol. The van der Waals surface area contributed by atoms with Crippen molar-refractivity contribution in [2.75, 3.05) is 13.2 Å². The first-order valence-electron chi connectivity index (χ1n) is 7.97. The smallest absolute Gasteiger partial charge is 0.339 e. The van der Waals surface area contributed by atoms with Crippen LogP contribution in [0.25, 0.3) is 0 Å². The molecule has 1 aliphatic rings. The summed E-state index contributed by atoms with van der Waals surface area (Å²) in [6, 6.07) is 0. The Morgan fingerprint density at radius 2 is 1.77 bits per heavy atom. The van der Waals surface area contributed by atoms with Crippen molar-refractivity contribution in [3.8, 4) is 0 Å². The topological polar surface area (TPSA) is 61.8 Å². The highest BCUT2D eigenvalue weighted by atomic mass is 16.6. The fourth-order valence-corrected chi connectivity index (χ4v) is 2.64. The summed E-state index contributed by atoms with van der Waals surface area (Å²) in [4.78, 5) is 24.6. The largest absolute Gasteiger partial charge is 0.466 e. The second kappa shape index (κ2) is 6.57. The molecule has 0 bridgehead atoms. The monoisotopic (exact) mass is 314 g/mol. The first kappa shape index (κ1) is 18.9. The summed E-state index contributed by atoms with van der Waals surface area (Å²) in [5.74, 6) is -0.915. The summed E-state index contributed by atoms with van der Waals surface area (Å²) in [5.41, 5.74) is -2.02. The Bertz CT molecular complexity index is 406. The van der Waals surface area contributed by atoms with Crippen molar-refractivity contribution in [1.82, 2.24) is 0 Å². The van der Waals surface area contributed by atoms with E-state index < -0.39 is 16.6 Å². The van der Waals surface area contributed by atoms with Crippen LogP contribution < -0.4 is 0 Å². The molecule has 1 heterocycles. The van der Waals surface area contributed by atoms with Crippen molar-refractivity contribution < 1.29 is 23.8 Å². The van der Waals surface area contributed by atoms with E-state index >= 15 is 0 Å². The summed E-state index contributed by atoms with van der Waals surface area (Å²) in [5, 5.41) is 0. The minimum Gasteiger partial charge on any atom is -0.466 e. The molecule has 1 rings (SSSR count). The molecule has 1 fully saturated rings. The van der Waals surface area contributed by atoms with Crippen molar-refractivity contribution in [3.63, 3.8) is 0 Å². The van der Waals surface area contributed by atoms with Gasteiger partial charge in [0, 0.05) is 5.41 Å². The quantitative estimate of drug-likeness (QED) is 0.749. The lowest BCUT2D eigenvalue weighted by Crippen LogP contribution is -2.57. The highest BCUT2D eigenvalue weighted by Gasteiger charge is 2.54. The van der Waals surface area contributed by atoms with Gasteiger partial charge in [-0.3, -0.25) is 4.79 Å². The van der Waals surface area contributed by atoms with Gasteiger partial charge in [0.1, 0.15) is 5.60 Å². The second-order valence-electron chi connectivity index (χ2n) is 7.88. The maximum absolute atomic E-state index is 12.7. The molecule has 22 heavy (non-hydrogen) atoms. The van der Waals surface area contributed by atoms with E-state index in [1.54, 1.807) is 6.92 Å². The van der Waals surface area contributed by atoms with Crippen LogP contribution in [0.2, 0.25) is 0 Å². The van der Waals surface area contributed by atoms with Gasteiger partial charge < -0.3 is 14.2 Å². The normalized spacial score (nSPS) is 26.4. The summed E-state index contributed by atoms with van der Waals surface area (Å²) < 4.78 is 16.6. The van der Waals surface area contributed by atoms with E-state index in [-0.39, 0.29) is 24.5 Å². The van der Waals surface area contributed by atoms with E-state index in [1.165, 1.54) is 0 Å². The molecule has 2 atom stereocenters. The summed E-state index contributed by atoms with van der Waals surface area (Å²) in [7, 11) is 0. The van der Waals surface area contributed by atoms with E-state index in [0.29, 0.717) is 19.4 Å². The molecule has 1 aliphatic heterocycles. The van der Waals surface area contributed by atoms with Gasteiger partial charge >= 0.3 is 11.9 Å². The van der Waals surface area contributed by atoms with E-state index in [1.807, 2.05) is 41.5 Å². The maximum atomic E-state index is 12.7. The Kier molecular flexibility index (Phi) is 5.66. The summed E-state index contributed by atoms with van der Waals surface area (Å²) in [6.07, 6.45) is 1.02. The van der Waals surface area contributed by atoms with Crippen LogP contribution in [0.15, 0.2) is 0 Å². The molecule has 0 aromatic rings. The molecule has 5 nitrogen and oxygen atoms in total. The van der Waals surface area contributed by atoms with Crippen LogP contribution in [0.1, 0.15) is 61.3 Å². The average Bonchev–Trinajstić information content (AvgIpc) is 2.35. The SMILES string of the molecule is CCOC(=O)C1CCC(C(=O)OC(C)(C)C)(C(C)(C)C)OC1. The number of carbonyl (C=O) groups excluding carboxylic acids is 2. The number of hydrogen-bond donors (Lipinski definition) is 0. The van der Waals surface area contributed by atoms with Crippen molar-refractivity contribution in [2.45, 2.75) is 72.5 Å². The second-order valence-corrected chi connectivity index (χ2v) is 7.88. The van der Waals surface area contributed by atoms with Crippen LogP contribution in [-0.2, 0) is 23.8 Å². The molecular weight excluding hydrogens is 284 g/mol. The van der Waals surface area contributed by atoms with E-state index in [9.17, 15) is 9.59 Å². The lowest BCUT2D eigenvalue weighted by atomic mass is 9.71. The Balaban J connectivity index is 2.90. The Morgan fingerprint density at radius 1 is 1.18 bits per heavy atom. The number of rotatable bonds is 3. The van der Waals surface area contributed by atoms with Crippen LogP contribution in [0.4, 0.5) is 0 Å². The third-order valence-corrected chi connectivity index (χ3v) is 3.94. The Labute approximate surface area is 133 Å². The van der Waals surface area contributed by atoms with Crippen molar-refractivity contribution in [1.29, 1.82) is 0 Å². The number of esters is 2. The van der Waals surface area contributed by atoms with Crippen LogP contribution in [0.5, 0.6) is 0 Å². The minimum atomic E-state index is -1.02. The standard InChI is InChI=1S/C17H30O5/c1-8-20-13(18)12-9-10-17(21-11-12,15(2,3)4)14(19)22-16(5,6)7/h12H,8-11H2,1-7H3. The Hall–Kier alpha value is -1.10. The lowest BCUT2D eigenvalue weighted by molar-refractivity contribution is -0.215. The molecule has 2 unspecified atom stereocenters. The summed E-state index contributed by atoms with van der Waals surface area (Å²) in [6.45, 7) is 13.7. The van der Waals surface area contributed by atoms with Crippen molar-refractivity contribution in [2.24, 2.45) is 11.3 Å². The lowest BCUT2D eigenvalue weighted by Gasteiger charge is -2.46. The molecule has 0 radical (unpaired) electrons. The first-order valence-corrected chi connectivity index (χ1v) is 7.97. The molecule has 5 heteroatoms. The fraction of sp³-hybridized carbons (Fsp3) is 0.882.